The van der Waals surface area contributed by atoms with Gasteiger partial charge in [-0.25, -0.2) is 0 Å². The Morgan fingerprint density at radius 2 is 2.21 bits per heavy atom. The third kappa shape index (κ3) is 6.44. The van der Waals surface area contributed by atoms with Crippen molar-refractivity contribution in [3.63, 3.8) is 0 Å². The van der Waals surface area contributed by atoms with Gasteiger partial charge in [-0.15, -0.1) is 0 Å². The Morgan fingerprint density at radius 1 is 1.50 bits per heavy atom. The van der Waals surface area contributed by atoms with Crippen LogP contribution in [0.4, 0.5) is 0 Å². The average Bonchev–Trinajstić information content (AvgIpc) is 2.21. The molecule has 4 heteroatoms. The van der Waals surface area contributed by atoms with Gasteiger partial charge in [0.05, 0.1) is 12.6 Å². The highest BCUT2D eigenvalue weighted by Crippen LogP contribution is 1.99. The number of nitrogens with one attached hydrogen (secondary N) is 2. The van der Waals surface area contributed by atoms with E-state index in [0.29, 0.717) is 12.6 Å². The molecule has 14 heavy (non-hydrogen) atoms. The second-order valence-electron chi connectivity index (χ2n) is 3.21. The maximum absolute atomic E-state index is 11.1. The highest BCUT2D eigenvalue weighted by molar-refractivity contribution is 5.78. The molecule has 0 saturated carbocycles. The summed E-state index contributed by atoms with van der Waals surface area (Å²) < 4.78 is 0. The Bertz CT molecular complexity index is 198. The minimum Gasteiger partial charge on any atom is -0.342 e. The first-order chi connectivity index (χ1) is 6.74. The monoisotopic (exact) mass is 197 g/mol. The molecule has 0 aliphatic rings. The first-order valence-corrected chi connectivity index (χ1v) is 5.11. The van der Waals surface area contributed by atoms with Gasteiger partial charge in [-0.2, -0.15) is 5.26 Å². The van der Waals surface area contributed by atoms with Gasteiger partial charge in [-0.05, 0) is 12.8 Å². The fraction of sp³-hybridized carbons (Fsp3) is 0.800. The molecule has 1 amide bonds. The summed E-state index contributed by atoms with van der Waals surface area (Å²) in [4.78, 5) is 11.1. The quantitative estimate of drug-likeness (QED) is 0.593. The van der Waals surface area contributed by atoms with Crippen molar-refractivity contribution in [2.45, 2.75) is 39.2 Å². The van der Waals surface area contributed by atoms with Crippen LogP contribution in [0, 0.1) is 11.3 Å². The smallest absolute Gasteiger partial charge is 0.234 e. The van der Waals surface area contributed by atoms with Gasteiger partial charge in [0.25, 0.3) is 0 Å². The van der Waals surface area contributed by atoms with Gasteiger partial charge in [-0.3, -0.25) is 4.79 Å². The van der Waals surface area contributed by atoms with E-state index in [0.717, 1.165) is 19.3 Å². The summed E-state index contributed by atoms with van der Waals surface area (Å²) in [6.45, 7) is 4.62. The van der Waals surface area contributed by atoms with Crippen LogP contribution < -0.4 is 10.6 Å². The first-order valence-electron chi connectivity index (χ1n) is 5.11. The number of amides is 1. The Kier molecular flexibility index (Phi) is 7.86. The van der Waals surface area contributed by atoms with E-state index in [4.69, 9.17) is 5.26 Å². The number of carbonyl (C=O) groups is 1. The van der Waals surface area contributed by atoms with Crippen LogP contribution in [0.3, 0.4) is 0 Å². The molecule has 0 spiro atoms. The standard InChI is InChI=1S/C10H19N3O/c1-3-5-9(4-2)13-8-10(14)12-7-6-11/h9,13H,3-5,7-8H2,1-2H3,(H,12,14). The molecule has 0 bridgehead atoms. The second-order valence-corrected chi connectivity index (χ2v) is 3.21. The van der Waals surface area contributed by atoms with E-state index in [1.165, 1.54) is 0 Å². The summed E-state index contributed by atoms with van der Waals surface area (Å²) in [6, 6.07) is 2.28. The minimum absolute atomic E-state index is 0.0884. The van der Waals surface area contributed by atoms with Crippen LogP contribution >= 0.6 is 0 Å². The molecule has 0 aromatic carbocycles. The zero-order valence-electron chi connectivity index (χ0n) is 8.97. The molecule has 80 valence electrons. The maximum atomic E-state index is 11.1. The third-order valence-electron chi connectivity index (χ3n) is 2.05. The molecule has 0 fully saturated rings. The molecule has 0 aromatic rings. The SMILES string of the molecule is CCCC(CC)NCC(=O)NCC#N. The van der Waals surface area contributed by atoms with Gasteiger partial charge < -0.3 is 10.6 Å². The lowest BCUT2D eigenvalue weighted by Gasteiger charge is -2.15. The summed E-state index contributed by atoms with van der Waals surface area (Å²) >= 11 is 0. The number of nitrogens with zero attached hydrogens (tertiary/aromatic N) is 1. The average molecular weight is 197 g/mol. The summed E-state index contributed by atoms with van der Waals surface area (Å²) in [6.07, 6.45) is 3.23. The molecule has 2 N–H and O–H groups in total. The summed E-state index contributed by atoms with van der Waals surface area (Å²) in [5, 5.41) is 13.9. The zero-order valence-corrected chi connectivity index (χ0v) is 8.97. The number of rotatable bonds is 7. The van der Waals surface area contributed by atoms with Crippen molar-refractivity contribution in [1.82, 2.24) is 10.6 Å². The van der Waals surface area contributed by atoms with Gasteiger partial charge in [0, 0.05) is 6.04 Å². The number of hydrogen-bond donors (Lipinski definition) is 2. The largest absolute Gasteiger partial charge is 0.342 e. The number of hydrogen-bond acceptors (Lipinski definition) is 3. The van der Waals surface area contributed by atoms with E-state index < -0.39 is 0 Å². The molecular formula is C10H19N3O. The van der Waals surface area contributed by atoms with Crippen molar-refractivity contribution in [3.05, 3.63) is 0 Å². The van der Waals surface area contributed by atoms with Crippen molar-refractivity contribution in [2.75, 3.05) is 13.1 Å². The summed E-state index contributed by atoms with van der Waals surface area (Å²) in [5.41, 5.74) is 0. The third-order valence-corrected chi connectivity index (χ3v) is 2.05. The molecule has 0 aliphatic carbocycles. The predicted molar refractivity (Wildman–Crippen MR) is 55.6 cm³/mol. The van der Waals surface area contributed by atoms with Crippen LogP contribution in [0.1, 0.15) is 33.1 Å². The van der Waals surface area contributed by atoms with Crippen molar-refractivity contribution in [1.29, 1.82) is 5.26 Å². The molecule has 0 aromatic heterocycles. The van der Waals surface area contributed by atoms with Crippen LogP contribution in [0.5, 0.6) is 0 Å². The van der Waals surface area contributed by atoms with E-state index in [9.17, 15) is 4.79 Å². The van der Waals surface area contributed by atoms with Crippen LogP contribution in [0.25, 0.3) is 0 Å². The fourth-order valence-corrected chi connectivity index (χ4v) is 1.24. The Balaban J connectivity index is 3.58. The molecule has 0 rings (SSSR count). The van der Waals surface area contributed by atoms with Gasteiger partial charge in [0.1, 0.15) is 6.54 Å². The lowest BCUT2D eigenvalue weighted by atomic mass is 10.1. The normalized spacial score (nSPS) is 11.8. The fourth-order valence-electron chi connectivity index (χ4n) is 1.24. The molecule has 1 unspecified atom stereocenters. The number of nitriles is 1. The Hall–Kier alpha value is -1.08. The second kappa shape index (κ2) is 8.52. The molecule has 0 saturated heterocycles. The number of carbonyl (C=O) groups excluding carboxylic acids is 1. The van der Waals surface area contributed by atoms with Gasteiger partial charge in [0.15, 0.2) is 0 Å². The minimum atomic E-state index is -0.110. The van der Waals surface area contributed by atoms with Crippen molar-refractivity contribution < 1.29 is 4.79 Å². The van der Waals surface area contributed by atoms with Crippen molar-refractivity contribution >= 4 is 5.91 Å². The van der Waals surface area contributed by atoms with E-state index >= 15 is 0 Å². The van der Waals surface area contributed by atoms with Crippen LogP contribution in [0.15, 0.2) is 0 Å². The lowest BCUT2D eigenvalue weighted by molar-refractivity contribution is -0.120. The highest BCUT2D eigenvalue weighted by Gasteiger charge is 2.06. The van der Waals surface area contributed by atoms with E-state index in [1.807, 2.05) is 6.07 Å². The summed E-state index contributed by atoms with van der Waals surface area (Å²) in [5.74, 6) is -0.110. The summed E-state index contributed by atoms with van der Waals surface area (Å²) in [7, 11) is 0. The van der Waals surface area contributed by atoms with Gasteiger partial charge >= 0.3 is 0 Å². The molecule has 1 atom stereocenters. The maximum Gasteiger partial charge on any atom is 0.234 e. The Morgan fingerprint density at radius 3 is 2.71 bits per heavy atom. The first kappa shape index (κ1) is 12.9. The molecule has 0 heterocycles. The Labute approximate surface area is 85.7 Å². The van der Waals surface area contributed by atoms with Crippen LogP contribution in [-0.4, -0.2) is 25.0 Å². The topological polar surface area (TPSA) is 64.9 Å². The van der Waals surface area contributed by atoms with Gasteiger partial charge in [-0.1, -0.05) is 20.3 Å². The molecule has 4 nitrogen and oxygen atoms in total. The molecule has 0 radical (unpaired) electrons. The van der Waals surface area contributed by atoms with Crippen molar-refractivity contribution in [3.8, 4) is 6.07 Å². The molecule has 0 aliphatic heterocycles. The van der Waals surface area contributed by atoms with Gasteiger partial charge in [0.2, 0.25) is 5.91 Å². The van der Waals surface area contributed by atoms with Crippen LogP contribution in [-0.2, 0) is 4.79 Å². The van der Waals surface area contributed by atoms with Crippen molar-refractivity contribution in [2.24, 2.45) is 0 Å². The van der Waals surface area contributed by atoms with E-state index in [2.05, 4.69) is 24.5 Å². The van der Waals surface area contributed by atoms with E-state index in [1.54, 1.807) is 0 Å². The van der Waals surface area contributed by atoms with E-state index in [-0.39, 0.29) is 12.5 Å². The predicted octanol–water partition coefficient (Wildman–Crippen LogP) is 0.794. The van der Waals surface area contributed by atoms with Crippen LogP contribution in [0.2, 0.25) is 0 Å². The highest BCUT2D eigenvalue weighted by atomic mass is 16.1. The zero-order chi connectivity index (χ0) is 10.8. The molecular weight excluding hydrogens is 178 g/mol. The lowest BCUT2D eigenvalue weighted by Crippen LogP contribution is -2.39.